The van der Waals surface area contributed by atoms with Gasteiger partial charge in [-0.15, -0.1) is 0 Å². The van der Waals surface area contributed by atoms with Gasteiger partial charge in [-0.3, -0.25) is 0 Å². The minimum absolute atomic E-state index is 0.270. The van der Waals surface area contributed by atoms with E-state index >= 15 is 0 Å². The third kappa shape index (κ3) is 6.25. The number of likely N-dealkylation sites (tertiary alicyclic amines) is 1. The van der Waals surface area contributed by atoms with Crippen LogP contribution >= 0.6 is 0 Å². The van der Waals surface area contributed by atoms with Gasteiger partial charge in [-0.05, 0) is 70.1 Å². The summed E-state index contributed by atoms with van der Waals surface area (Å²) < 4.78 is 43.1. The number of benzene rings is 1. The van der Waals surface area contributed by atoms with E-state index in [0.717, 1.165) is 43.4 Å². The van der Waals surface area contributed by atoms with Crippen molar-refractivity contribution >= 4 is 6.09 Å². The molecule has 1 fully saturated rings. The Morgan fingerprint density at radius 1 is 1.12 bits per heavy atom. The number of ether oxygens (including phenoxy) is 1. The lowest BCUT2D eigenvalue weighted by Gasteiger charge is -2.33. The van der Waals surface area contributed by atoms with Gasteiger partial charge < -0.3 is 9.64 Å². The minimum Gasteiger partial charge on any atom is -0.444 e. The lowest BCUT2D eigenvalue weighted by Crippen LogP contribution is -2.41. The van der Waals surface area contributed by atoms with Crippen molar-refractivity contribution in [2.24, 2.45) is 5.92 Å². The number of piperidine rings is 1. The highest BCUT2D eigenvalue weighted by Crippen LogP contribution is 2.30. The number of aryl methyl sites for hydroxylation is 1. The quantitative estimate of drug-likeness (QED) is 0.736. The number of rotatable bonds is 3. The Morgan fingerprint density at radius 2 is 1.68 bits per heavy atom. The fourth-order valence-corrected chi connectivity index (χ4v) is 2.96. The summed E-state index contributed by atoms with van der Waals surface area (Å²) in [5.41, 5.74) is -0.180. The Balaban J connectivity index is 1.76. The molecule has 140 valence electrons. The van der Waals surface area contributed by atoms with Crippen molar-refractivity contribution in [3.8, 4) is 0 Å². The standard InChI is InChI=1S/C19H26F3NO2/c1-18(2,3)25-17(24)23-12-10-15(11-13-23)5-4-14-6-8-16(9-7-14)19(20,21)22/h6-9,15H,4-5,10-13H2,1-3H3. The molecule has 0 spiro atoms. The van der Waals surface area contributed by atoms with E-state index in [2.05, 4.69) is 0 Å². The van der Waals surface area contributed by atoms with Crippen molar-refractivity contribution in [3.63, 3.8) is 0 Å². The molecule has 1 saturated heterocycles. The van der Waals surface area contributed by atoms with Crippen LogP contribution in [-0.2, 0) is 17.3 Å². The van der Waals surface area contributed by atoms with Crippen LogP contribution in [0.4, 0.5) is 18.0 Å². The number of hydrogen-bond donors (Lipinski definition) is 0. The fourth-order valence-electron chi connectivity index (χ4n) is 2.96. The van der Waals surface area contributed by atoms with Gasteiger partial charge in [0.1, 0.15) is 5.60 Å². The Morgan fingerprint density at radius 3 is 2.16 bits per heavy atom. The molecule has 3 nitrogen and oxygen atoms in total. The smallest absolute Gasteiger partial charge is 0.416 e. The zero-order valence-corrected chi connectivity index (χ0v) is 15.0. The predicted molar refractivity (Wildman–Crippen MR) is 90.3 cm³/mol. The van der Waals surface area contributed by atoms with Crippen LogP contribution in [0.3, 0.4) is 0 Å². The van der Waals surface area contributed by atoms with E-state index in [1.807, 2.05) is 20.8 Å². The Kier molecular flexibility index (Phi) is 6.01. The van der Waals surface area contributed by atoms with Crippen molar-refractivity contribution in [1.29, 1.82) is 0 Å². The molecule has 0 atom stereocenters. The van der Waals surface area contributed by atoms with E-state index < -0.39 is 17.3 Å². The first-order valence-electron chi connectivity index (χ1n) is 8.69. The molecular formula is C19H26F3NO2. The second kappa shape index (κ2) is 7.67. The lowest BCUT2D eigenvalue weighted by atomic mass is 9.90. The van der Waals surface area contributed by atoms with Gasteiger partial charge in [0.05, 0.1) is 5.56 Å². The zero-order chi connectivity index (χ0) is 18.7. The average Bonchev–Trinajstić information content (AvgIpc) is 2.51. The Hall–Kier alpha value is -1.72. The summed E-state index contributed by atoms with van der Waals surface area (Å²) in [6, 6.07) is 5.39. The number of carbonyl (C=O) groups is 1. The highest BCUT2D eigenvalue weighted by atomic mass is 19.4. The first-order chi connectivity index (χ1) is 11.5. The summed E-state index contributed by atoms with van der Waals surface area (Å²) in [5, 5.41) is 0. The summed E-state index contributed by atoms with van der Waals surface area (Å²) in [6.45, 7) is 6.89. The fraction of sp³-hybridized carbons (Fsp3) is 0.632. The topological polar surface area (TPSA) is 29.5 Å². The van der Waals surface area contributed by atoms with Crippen LogP contribution in [0.15, 0.2) is 24.3 Å². The molecular weight excluding hydrogens is 331 g/mol. The van der Waals surface area contributed by atoms with E-state index in [9.17, 15) is 18.0 Å². The molecule has 1 aromatic carbocycles. The first-order valence-corrected chi connectivity index (χ1v) is 8.69. The molecule has 2 rings (SSSR count). The van der Waals surface area contributed by atoms with Crippen LogP contribution in [0, 0.1) is 5.92 Å². The van der Waals surface area contributed by atoms with Crippen LogP contribution in [0.5, 0.6) is 0 Å². The molecule has 1 aromatic rings. The second-order valence-electron chi connectivity index (χ2n) is 7.64. The van der Waals surface area contributed by atoms with Gasteiger partial charge in [-0.1, -0.05) is 12.1 Å². The molecule has 0 saturated carbocycles. The van der Waals surface area contributed by atoms with E-state index in [4.69, 9.17) is 4.74 Å². The van der Waals surface area contributed by atoms with Crippen molar-refractivity contribution < 1.29 is 22.7 Å². The van der Waals surface area contributed by atoms with Crippen molar-refractivity contribution in [2.75, 3.05) is 13.1 Å². The highest BCUT2D eigenvalue weighted by Gasteiger charge is 2.30. The van der Waals surface area contributed by atoms with Crippen LogP contribution in [0.25, 0.3) is 0 Å². The van der Waals surface area contributed by atoms with Gasteiger partial charge in [-0.2, -0.15) is 13.2 Å². The number of alkyl halides is 3. The minimum atomic E-state index is -4.28. The third-order valence-corrected chi connectivity index (χ3v) is 4.39. The number of amides is 1. The van der Waals surface area contributed by atoms with Gasteiger partial charge in [0, 0.05) is 13.1 Å². The molecule has 0 aliphatic carbocycles. The molecule has 0 bridgehead atoms. The molecule has 25 heavy (non-hydrogen) atoms. The zero-order valence-electron chi connectivity index (χ0n) is 15.0. The molecule has 1 heterocycles. The van der Waals surface area contributed by atoms with Gasteiger partial charge >= 0.3 is 12.3 Å². The molecule has 0 aromatic heterocycles. The van der Waals surface area contributed by atoms with E-state index in [1.54, 1.807) is 17.0 Å². The largest absolute Gasteiger partial charge is 0.444 e. The summed E-state index contributed by atoms with van der Waals surface area (Å²) in [7, 11) is 0. The first kappa shape index (κ1) is 19.6. The van der Waals surface area contributed by atoms with Crippen molar-refractivity contribution in [2.45, 2.75) is 58.2 Å². The van der Waals surface area contributed by atoms with Crippen LogP contribution in [0.1, 0.15) is 51.2 Å². The Labute approximate surface area is 147 Å². The number of hydrogen-bond acceptors (Lipinski definition) is 2. The van der Waals surface area contributed by atoms with E-state index in [1.165, 1.54) is 0 Å². The maximum Gasteiger partial charge on any atom is 0.416 e. The van der Waals surface area contributed by atoms with Crippen LogP contribution in [-0.4, -0.2) is 29.7 Å². The van der Waals surface area contributed by atoms with Crippen molar-refractivity contribution in [3.05, 3.63) is 35.4 Å². The molecule has 0 radical (unpaired) electrons. The van der Waals surface area contributed by atoms with Crippen molar-refractivity contribution in [1.82, 2.24) is 4.90 Å². The van der Waals surface area contributed by atoms with Gasteiger partial charge in [0.25, 0.3) is 0 Å². The molecule has 0 unspecified atom stereocenters. The van der Waals surface area contributed by atoms with Crippen LogP contribution < -0.4 is 0 Å². The monoisotopic (exact) mass is 357 g/mol. The lowest BCUT2D eigenvalue weighted by molar-refractivity contribution is -0.137. The maximum absolute atomic E-state index is 12.6. The predicted octanol–water partition coefficient (Wildman–Crippen LogP) is 5.29. The average molecular weight is 357 g/mol. The summed E-state index contributed by atoms with van der Waals surface area (Å²) in [4.78, 5) is 13.8. The summed E-state index contributed by atoms with van der Waals surface area (Å²) in [5.74, 6) is 0.487. The number of carbonyl (C=O) groups excluding carboxylic acids is 1. The number of nitrogens with zero attached hydrogens (tertiary/aromatic N) is 1. The van der Waals surface area contributed by atoms with E-state index in [0.29, 0.717) is 19.0 Å². The molecule has 1 amide bonds. The third-order valence-electron chi connectivity index (χ3n) is 4.39. The van der Waals surface area contributed by atoms with Gasteiger partial charge in [-0.25, -0.2) is 4.79 Å². The molecule has 6 heteroatoms. The summed E-state index contributed by atoms with van der Waals surface area (Å²) >= 11 is 0. The van der Waals surface area contributed by atoms with Gasteiger partial charge in [0.15, 0.2) is 0 Å². The normalized spacial score (nSPS) is 16.8. The number of halogens is 3. The molecule has 1 aliphatic rings. The summed E-state index contributed by atoms with van der Waals surface area (Å²) in [6.07, 6.45) is -1.07. The molecule has 0 N–H and O–H groups in total. The second-order valence-corrected chi connectivity index (χ2v) is 7.64. The Bertz CT molecular complexity index is 568. The maximum atomic E-state index is 12.6. The van der Waals surface area contributed by atoms with E-state index in [-0.39, 0.29) is 6.09 Å². The highest BCUT2D eigenvalue weighted by molar-refractivity contribution is 5.68. The molecule has 1 aliphatic heterocycles. The van der Waals surface area contributed by atoms with Crippen LogP contribution in [0.2, 0.25) is 0 Å². The SMILES string of the molecule is CC(C)(C)OC(=O)N1CCC(CCc2ccc(C(F)(F)F)cc2)CC1. The van der Waals surface area contributed by atoms with Gasteiger partial charge in [0.2, 0.25) is 0 Å².